The lowest BCUT2D eigenvalue weighted by atomic mass is 10.1. The van der Waals surface area contributed by atoms with Crippen LogP contribution >= 0.6 is 0 Å². The maximum atomic E-state index is 4.35. The van der Waals surface area contributed by atoms with Crippen LogP contribution in [0, 0.1) is 6.92 Å². The van der Waals surface area contributed by atoms with Crippen molar-refractivity contribution in [2.75, 3.05) is 0 Å². The average Bonchev–Trinajstić information content (AvgIpc) is 3.15. The highest BCUT2D eigenvalue weighted by Gasteiger charge is 2.08. The van der Waals surface area contributed by atoms with Gasteiger partial charge in [-0.15, -0.1) is 0 Å². The Labute approximate surface area is 129 Å². The Morgan fingerprint density at radius 3 is 2.73 bits per heavy atom. The second-order valence-electron chi connectivity index (χ2n) is 5.57. The zero-order valence-corrected chi connectivity index (χ0v) is 12.5. The quantitative estimate of drug-likeness (QED) is 0.595. The maximum Gasteiger partial charge on any atom is 0.0931 e. The molecule has 0 atom stereocenters. The molecule has 0 radical (unpaired) electrons. The van der Waals surface area contributed by atoms with E-state index < -0.39 is 0 Å². The molecule has 0 fully saturated rings. The molecule has 1 N–H and O–H groups in total. The minimum atomic E-state index is 0.853. The van der Waals surface area contributed by atoms with Crippen LogP contribution in [0.5, 0.6) is 0 Å². The zero-order valence-electron chi connectivity index (χ0n) is 12.5. The van der Waals surface area contributed by atoms with E-state index in [1.807, 2.05) is 0 Å². The summed E-state index contributed by atoms with van der Waals surface area (Å²) < 4.78 is 2.35. The van der Waals surface area contributed by atoms with Gasteiger partial charge in [0, 0.05) is 17.9 Å². The molecule has 108 valence electrons. The largest absolute Gasteiger partial charge is 0.345 e. The highest BCUT2D eigenvalue weighted by Crippen LogP contribution is 2.24. The van der Waals surface area contributed by atoms with Crippen LogP contribution in [0.4, 0.5) is 0 Å². The summed E-state index contributed by atoms with van der Waals surface area (Å²) in [6.45, 7) is 3.01. The van der Waals surface area contributed by atoms with E-state index in [4.69, 9.17) is 0 Å². The van der Waals surface area contributed by atoms with Crippen molar-refractivity contribution >= 4 is 11.0 Å². The third-order valence-electron chi connectivity index (χ3n) is 4.10. The van der Waals surface area contributed by atoms with Crippen molar-refractivity contribution in [1.29, 1.82) is 0 Å². The molecule has 4 rings (SSSR count). The molecule has 0 aliphatic carbocycles. The zero-order chi connectivity index (χ0) is 14.9. The normalized spacial score (nSPS) is 11.1. The molecule has 2 heterocycles. The summed E-state index contributed by atoms with van der Waals surface area (Å²) in [4.78, 5) is 7.48. The monoisotopic (exact) mass is 287 g/mol. The lowest BCUT2D eigenvalue weighted by molar-refractivity contribution is 0.785. The first-order valence-electron chi connectivity index (χ1n) is 7.45. The first-order chi connectivity index (χ1) is 10.8. The van der Waals surface area contributed by atoms with Gasteiger partial charge in [0.1, 0.15) is 0 Å². The van der Waals surface area contributed by atoms with Crippen molar-refractivity contribution in [2.24, 2.45) is 0 Å². The molecule has 22 heavy (non-hydrogen) atoms. The molecule has 2 aromatic heterocycles. The van der Waals surface area contributed by atoms with Gasteiger partial charge in [0.05, 0.1) is 17.4 Å². The Bertz CT molecular complexity index is 916. The van der Waals surface area contributed by atoms with Gasteiger partial charge in [-0.3, -0.25) is 0 Å². The fourth-order valence-electron chi connectivity index (χ4n) is 2.90. The Morgan fingerprint density at radius 2 is 1.86 bits per heavy atom. The predicted octanol–water partition coefficient (Wildman–Crippen LogP) is 4.39. The first kappa shape index (κ1) is 12.9. The van der Waals surface area contributed by atoms with Crippen molar-refractivity contribution in [1.82, 2.24) is 14.5 Å². The van der Waals surface area contributed by atoms with Gasteiger partial charge in [-0.1, -0.05) is 36.4 Å². The topological polar surface area (TPSA) is 33.6 Å². The van der Waals surface area contributed by atoms with Gasteiger partial charge in [0.2, 0.25) is 0 Å². The van der Waals surface area contributed by atoms with E-state index in [2.05, 4.69) is 82.1 Å². The molecule has 0 bridgehead atoms. The molecular weight excluding hydrogens is 270 g/mol. The van der Waals surface area contributed by atoms with Gasteiger partial charge < -0.3 is 9.55 Å². The Morgan fingerprint density at radius 1 is 1.00 bits per heavy atom. The molecule has 0 aliphatic heterocycles. The van der Waals surface area contributed by atoms with Crippen molar-refractivity contribution in [3.8, 4) is 11.3 Å². The maximum absolute atomic E-state index is 4.35. The molecular formula is C19H17N3. The average molecular weight is 287 g/mol. The number of aromatic amines is 1. The molecule has 0 saturated heterocycles. The number of hydrogen-bond donors (Lipinski definition) is 1. The standard InChI is InChI=1S/C19H17N3/c1-14-7-10-19(16-5-3-2-4-6-16)22(14)12-15-8-9-17-18(11-15)21-13-20-17/h2-11,13H,12H2,1H3,(H,20,21). The van der Waals surface area contributed by atoms with Crippen LogP contribution < -0.4 is 0 Å². The van der Waals surface area contributed by atoms with E-state index in [0.29, 0.717) is 0 Å². The lowest BCUT2D eigenvalue weighted by Crippen LogP contribution is -2.03. The number of benzene rings is 2. The number of hydrogen-bond acceptors (Lipinski definition) is 1. The molecule has 3 heteroatoms. The highest BCUT2D eigenvalue weighted by molar-refractivity contribution is 5.75. The second-order valence-corrected chi connectivity index (χ2v) is 5.57. The van der Waals surface area contributed by atoms with Gasteiger partial charge in [-0.25, -0.2) is 4.98 Å². The van der Waals surface area contributed by atoms with Crippen molar-refractivity contribution < 1.29 is 0 Å². The number of H-pyrrole nitrogens is 1. The van der Waals surface area contributed by atoms with Crippen LogP contribution in [-0.4, -0.2) is 14.5 Å². The van der Waals surface area contributed by atoms with Crippen LogP contribution in [0.3, 0.4) is 0 Å². The van der Waals surface area contributed by atoms with Crippen molar-refractivity contribution in [3.63, 3.8) is 0 Å². The van der Waals surface area contributed by atoms with Crippen LogP contribution in [0.15, 0.2) is 67.0 Å². The number of nitrogens with zero attached hydrogens (tertiary/aromatic N) is 2. The van der Waals surface area contributed by atoms with E-state index in [-0.39, 0.29) is 0 Å². The summed E-state index contributed by atoms with van der Waals surface area (Å²) in [5.41, 5.74) is 7.12. The SMILES string of the molecule is Cc1ccc(-c2ccccc2)n1Cc1ccc2[nH]cnc2c1. The number of aryl methyl sites for hydroxylation is 1. The Kier molecular flexibility index (Phi) is 3.04. The number of nitrogens with one attached hydrogen (secondary N) is 1. The van der Waals surface area contributed by atoms with E-state index in [1.54, 1.807) is 6.33 Å². The van der Waals surface area contributed by atoms with Gasteiger partial charge in [-0.2, -0.15) is 0 Å². The number of fused-ring (bicyclic) bond motifs is 1. The molecule has 0 saturated carbocycles. The minimum Gasteiger partial charge on any atom is -0.345 e. The molecule has 0 aliphatic rings. The third-order valence-corrected chi connectivity index (χ3v) is 4.10. The summed E-state index contributed by atoms with van der Waals surface area (Å²) in [6, 6.07) is 21.3. The number of imidazole rings is 1. The third kappa shape index (κ3) is 2.21. The van der Waals surface area contributed by atoms with Crippen molar-refractivity contribution in [2.45, 2.75) is 13.5 Å². The summed E-state index contributed by atoms with van der Waals surface area (Å²) >= 11 is 0. The van der Waals surface area contributed by atoms with Crippen molar-refractivity contribution in [3.05, 3.63) is 78.2 Å². The van der Waals surface area contributed by atoms with Crippen LogP contribution in [0.2, 0.25) is 0 Å². The molecule has 2 aromatic carbocycles. The smallest absolute Gasteiger partial charge is 0.0931 e. The van der Waals surface area contributed by atoms with Gasteiger partial charge >= 0.3 is 0 Å². The summed E-state index contributed by atoms with van der Waals surface area (Å²) in [5, 5.41) is 0. The number of aromatic nitrogens is 3. The lowest BCUT2D eigenvalue weighted by Gasteiger charge is -2.12. The van der Waals surface area contributed by atoms with E-state index >= 15 is 0 Å². The van der Waals surface area contributed by atoms with Crippen LogP contribution in [0.1, 0.15) is 11.3 Å². The van der Waals surface area contributed by atoms with Gasteiger partial charge in [0.15, 0.2) is 0 Å². The molecule has 3 nitrogen and oxygen atoms in total. The minimum absolute atomic E-state index is 0.853. The fraction of sp³-hybridized carbons (Fsp3) is 0.105. The van der Waals surface area contributed by atoms with E-state index in [9.17, 15) is 0 Å². The van der Waals surface area contributed by atoms with Crippen LogP contribution in [-0.2, 0) is 6.54 Å². The van der Waals surface area contributed by atoms with Gasteiger partial charge in [0.25, 0.3) is 0 Å². The summed E-state index contributed by atoms with van der Waals surface area (Å²) in [7, 11) is 0. The molecule has 0 unspecified atom stereocenters. The Balaban J connectivity index is 1.75. The van der Waals surface area contributed by atoms with E-state index in [0.717, 1.165) is 17.6 Å². The predicted molar refractivity (Wildman–Crippen MR) is 89.8 cm³/mol. The first-order valence-corrected chi connectivity index (χ1v) is 7.45. The van der Waals surface area contributed by atoms with Gasteiger partial charge in [-0.05, 0) is 42.3 Å². The number of rotatable bonds is 3. The van der Waals surface area contributed by atoms with Crippen LogP contribution in [0.25, 0.3) is 22.3 Å². The van der Waals surface area contributed by atoms with E-state index in [1.165, 1.54) is 22.5 Å². The Hall–Kier alpha value is -2.81. The fourth-order valence-corrected chi connectivity index (χ4v) is 2.90. The highest BCUT2D eigenvalue weighted by atomic mass is 15.0. The second kappa shape index (κ2) is 5.19. The molecule has 0 amide bonds. The summed E-state index contributed by atoms with van der Waals surface area (Å²) in [5.74, 6) is 0. The summed E-state index contributed by atoms with van der Waals surface area (Å²) in [6.07, 6.45) is 1.74. The molecule has 0 spiro atoms. The molecule has 4 aromatic rings.